The van der Waals surface area contributed by atoms with E-state index in [1.165, 1.54) is 5.56 Å². The topological polar surface area (TPSA) is 71.8 Å². The number of nitrogens with one attached hydrogen (secondary N) is 1. The van der Waals surface area contributed by atoms with Gasteiger partial charge in [0.1, 0.15) is 0 Å². The summed E-state index contributed by atoms with van der Waals surface area (Å²) in [6.07, 6.45) is 4.90. The Labute approximate surface area is 95.3 Å². The largest absolute Gasteiger partial charge is 0.345 e. The summed E-state index contributed by atoms with van der Waals surface area (Å²) in [5.41, 5.74) is 8.64. The molecular weight excluding hydrogens is 202 g/mol. The molecule has 1 aliphatic carbocycles. The second-order valence-electron chi connectivity index (χ2n) is 4.69. The molecule has 0 fully saturated rings. The molecule has 0 aliphatic heterocycles. The maximum atomic E-state index is 11.4. The van der Waals surface area contributed by atoms with Gasteiger partial charge in [0, 0.05) is 5.69 Å². The summed E-state index contributed by atoms with van der Waals surface area (Å²) in [5, 5.41) is 0. The van der Waals surface area contributed by atoms with Crippen LogP contribution in [0, 0.1) is 5.92 Å². The van der Waals surface area contributed by atoms with Gasteiger partial charge in [-0.2, -0.15) is 4.98 Å². The van der Waals surface area contributed by atoms with Crippen molar-refractivity contribution in [2.45, 2.75) is 39.0 Å². The first-order valence-electron chi connectivity index (χ1n) is 6.01. The van der Waals surface area contributed by atoms with Gasteiger partial charge in [-0.3, -0.25) is 0 Å². The minimum atomic E-state index is -0.208. The standard InChI is InChI=1S/C12H19N3O/c1-8-4-5-11-9(7-8)10(3-2-6-13)14-12(16)15-11/h8H,2-7,13H2,1H3,(H,14,15,16). The SMILES string of the molecule is CC1CCc2[nH]c(=O)nc(CCCN)c2C1. The molecule has 0 radical (unpaired) electrons. The molecule has 88 valence electrons. The molecule has 2 rings (SSSR count). The average Bonchev–Trinajstić information content (AvgIpc) is 2.26. The maximum Gasteiger partial charge on any atom is 0.345 e. The summed E-state index contributed by atoms with van der Waals surface area (Å²) in [7, 11) is 0. The molecule has 0 aromatic carbocycles. The van der Waals surface area contributed by atoms with E-state index in [2.05, 4.69) is 16.9 Å². The molecule has 0 saturated carbocycles. The second-order valence-corrected chi connectivity index (χ2v) is 4.69. The van der Waals surface area contributed by atoms with E-state index in [0.717, 1.165) is 43.5 Å². The summed E-state index contributed by atoms with van der Waals surface area (Å²) in [5.74, 6) is 0.692. The minimum Gasteiger partial charge on any atom is -0.330 e. The molecule has 1 atom stereocenters. The van der Waals surface area contributed by atoms with Crippen molar-refractivity contribution in [1.82, 2.24) is 9.97 Å². The normalized spacial score (nSPS) is 19.5. The molecule has 0 spiro atoms. The van der Waals surface area contributed by atoms with E-state index in [1.54, 1.807) is 0 Å². The molecule has 1 unspecified atom stereocenters. The Bertz CT molecular complexity index is 425. The predicted octanol–water partition coefficient (Wildman–Crippen LogP) is 0.786. The van der Waals surface area contributed by atoms with Gasteiger partial charge >= 0.3 is 5.69 Å². The summed E-state index contributed by atoms with van der Waals surface area (Å²) in [4.78, 5) is 18.4. The molecule has 0 bridgehead atoms. The van der Waals surface area contributed by atoms with E-state index in [4.69, 9.17) is 5.73 Å². The van der Waals surface area contributed by atoms with Gasteiger partial charge in [0.15, 0.2) is 0 Å². The molecule has 0 saturated heterocycles. The number of H-pyrrole nitrogens is 1. The lowest BCUT2D eigenvalue weighted by Gasteiger charge is -2.22. The smallest absolute Gasteiger partial charge is 0.330 e. The van der Waals surface area contributed by atoms with Crippen LogP contribution < -0.4 is 11.4 Å². The van der Waals surface area contributed by atoms with Gasteiger partial charge in [-0.25, -0.2) is 4.79 Å². The van der Waals surface area contributed by atoms with Crippen molar-refractivity contribution >= 4 is 0 Å². The van der Waals surface area contributed by atoms with Crippen LogP contribution in [-0.4, -0.2) is 16.5 Å². The number of hydrogen-bond donors (Lipinski definition) is 2. The predicted molar refractivity (Wildman–Crippen MR) is 63.4 cm³/mol. The Morgan fingerprint density at radius 3 is 3.12 bits per heavy atom. The zero-order chi connectivity index (χ0) is 11.5. The van der Waals surface area contributed by atoms with E-state index < -0.39 is 0 Å². The summed E-state index contributed by atoms with van der Waals surface area (Å²) in [6.45, 7) is 2.90. The fourth-order valence-corrected chi connectivity index (χ4v) is 2.37. The molecule has 3 N–H and O–H groups in total. The highest BCUT2D eigenvalue weighted by Gasteiger charge is 2.19. The molecule has 1 aliphatic rings. The van der Waals surface area contributed by atoms with Crippen LogP contribution in [0.25, 0.3) is 0 Å². The maximum absolute atomic E-state index is 11.4. The lowest BCUT2D eigenvalue weighted by molar-refractivity contribution is 0.485. The van der Waals surface area contributed by atoms with Crippen LogP contribution in [0.2, 0.25) is 0 Å². The fourth-order valence-electron chi connectivity index (χ4n) is 2.37. The highest BCUT2D eigenvalue weighted by Crippen LogP contribution is 2.25. The lowest BCUT2D eigenvalue weighted by atomic mass is 9.86. The molecule has 4 heteroatoms. The van der Waals surface area contributed by atoms with Crippen LogP contribution in [0.15, 0.2) is 4.79 Å². The van der Waals surface area contributed by atoms with E-state index in [1.807, 2.05) is 0 Å². The van der Waals surface area contributed by atoms with Gasteiger partial charge in [0.05, 0.1) is 5.69 Å². The summed E-state index contributed by atoms with van der Waals surface area (Å²) >= 11 is 0. The quantitative estimate of drug-likeness (QED) is 0.792. The Morgan fingerprint density at radius 2 is 2.38 bits per heavy atom. The van der Waals surface area contributed by atoms with Gasteiger partial charge in [-0.05, 0) is 50.1 Å². The second kappa shape index (κ2) is 4.78. The first-order chi connectivity index (χ1) is 7.70. The molecular formula is C12H19N3O. The van der Waals surface area contributed by atoms with Crippen molar-refractivity contribution in [3.8, 4) is 0 Å². The van der Waals surface area contributed by atoms with Gasteiger partial charge in [0.25, 0.3) is 0 Å². The Hall–Kier alpha value is -1.16. The number of aromatic nitrogens is 2. The number of aromatic amines is 1. The van der Waals surface area contributed by atoms with E-state index in [0.29, 0.717) is 12.5 Å². The third-order valence-electron chi connectivity index (χ3n) is 3.26. The molecule has 1 aromatic rings. The third kappa shape index (κ3) is 2.32. The van der Waals surface area contributed by atoms with Gasteiger partial charge in [0.2, 0.25) is 0 Å². The first kappa shape index (κ1) is 11.3. The molecule has 0 amide bonds. The van der Waals surface area contributed by atoms with Crippen LogP contribution in [0.4, 0.5) is 0 Å². The molecule has 4 nitrogen and oxygen atoms in total. The van der Waals surface area contributed by atoms with Gasteiger partial charge in [-0.15, -0.1) is 0 Å². The third-order valence-corrected chi connectivity index (χ3v) is 3.26. The number of hydrogen-bond acceptors (Lipinski definition) is 3. The van der Waals surface area contributed by atoms with Crippen molar-refractivity contribution in [3.63, 3.8) is 0 Å². The summed E-state index contributed by atoms with van der Waals surface area (Å²) < 4.78 is 0. The van der Waals surface area contributed by atoms with Crippen molar-refractivity contribution in [3.05, 3.63) is 27.4 Å². The van der Waals surface area contributed by atoms with Gasteiger partial charge < -0.3 is 10.7 Å². The van der Waals surface area contributed by atoms with Crippen LogP contribution in [0.1, 0.15) is 36.7 Å². The molecule has 1 heterocycles. The van der Waals surface area contributed by atoms with Crippen molar-refractivity contribution in [2.24, 2.45) is 11.7 Å². The first-order valence-corrected chi connectivity index (χ1v) is 6.01. The monoisotopic (exact) mass is 221 g/mol. The number of aryl methyl sites for hydroxylation is 2. The Morgan fingerprint density at radius 1 is 1.56 bits per heavy atom. The van der Waals surface area contributed by atoms with Crippen LogP contribution in [-0.2, 0) is 19.3 Å². The minimum absolute atomic E-state index is 0.208. The Balaban J connectivity index is 2.35. The van der Waals surface area contributed by atoms with Crippen LogP contribution in [0.5, 0.6) is 0 Å². The van der Waals surface area contributed by atoms with E-state index >= 15 is 0 Å². The fraction of sp³-hybridized carbons (Fsp3) is 0.667. The van der Waals surface area contributed by atoms with Crippen molar-refractivity contribution in [1.29, 1.82) is 0 Å². The summed E-state index contributed by atoms with van der Waals surface area (Å²) in [6, 6.07) is 0. The average molecular weight is 221 g/mol. The number of nitrogens with zero attached hydrogens (tertiary/aromatic N) is 1. The highest BCUT2D eigenvalue weighted by atomic mass is 16.1. The zero-order valence-electron chi connectivity index (χ0n) is 9.75. The molecule has 1 aromatic heterocycles. The van der Waals surface area contributed by atoms with Crippen LogP contribution in [0.3, 0.4) is 0 Å². The lowest BCUT2D eigenvalue weighted by Crippen LogP contribution is -2.24. The number of rotatable bonds is 3. The van der Waals surface area contributed by atoms with Gasteiger partial charge in [-0.1, -0.05) is 6.92 Å². The van der Waals surface area contributed by atoms with Crippen LogP contribution >= 0.6 is 0 Å². The molecule has 16 heavy (non-hydrogen) atoms. The van der Waals surface area contributed by atoms with E-state index in [-0.39, 0.29) is 5.69 Å². The van der Waals surface area contributed by atoms with Crippen molar-refractivity contribution < 1.29 is 0 Å². The number of fused-ring (bicyclic) bond motifs is 1. The zero-order valence-corrected chi connectivity index (χ0v) is 9.75. The Kier molecular flexibility index (Phi) is 3.39. The number of nitrogens with two attached hydrogens (primary N) is 1. The van der Waals surface area contributed by atoms with Crippen molar-refractivity contribution in [2.75, 3.05) is 6.54 Å². The highest BCUT2D eigenvalue weighted by molar-refractivity contribution is 5.27. The van der Waals surface area contributed by atoms with E-state index in [9.17, 15) is 4.79 Å².